The van der Waals surface area contributed by atoms with Gasteiger partial charge in [0.1, 0.15) is 17.3 Å². The number of hydrogen-bond donors (Lipinski definition) is 1. The SMILES string of the molecule is COc1ccc(CNC(=O)c2cc(-c3cccc(F)c3)no2)cc1. The molecule has 1 aromatic heterocycles. The zero-order chi connectivity index (χ0) is 16.9. The van der Waals surface area contributed by atoms with Crippen molar-refractivity contribution in [1.82, 2.24) is 10.5 Å². The molecule has 3 aromatic rings. The number of nitrogens with one attached hydrogen (secondary N) is 1. The van der Waals surface area contributed by atoms with Crippen LogP contribution in [0.2, 0.25) is 0 Å². The minimum absolute atomic E-state index is 0.0720. The first-order chi connectivity index (χ1) is 11.7. The van der Waals surface area contributed by atoms with Crippen LogP contribution in [0.1, 0.15) is 16.1 Å². The second kappa shape index (κ2) is 6.95. The number of methoxy groups -OCH3 is 1. The normalized spacial score (nSPS) is 10.4. The van der Waals surface area contributed by atoms with Crippen LogP contribution in [0.3, 0.4) is 0 Å². The molecule has 5 nitrogen and oxygen atoms in total. The number of benzene rings is 2. The first kappa shape index (κ1) is 15.7. The fourth-order valence-electron chi connectivity index (χ4n) is 2.18. The predicted molar refractivity (Wildman–Crippen MR) is 86.1 cm³/mol. The highest BCUT2D eigenvalue weighted by molar-refractivity contribution is 5.92. The van der Waals surface area contributed by atoms with Crippen molar-refractivity contribution in [3.05, 3.63) is 71.7 Å². The van der Waals surface area contributed by atoms with Crippen LogP contribution in [0.4, 0.5) is 4.39 Å². The van der Waals surface area contributed by atoms with Gasteiger partial charge in [0.2, 0.25) is 5.76 Å². The zero-order valence-electron chi connectivity index (χ0n) is 13.0. The molecule has 0 aliphatic carbocycles. The molecule has 0 aliphatic rings. The Morgan fingerprint density at radius 1 is 1.21 bits per heavy atom. The van der Waals surface area contributed by atoms with E-state index in [9.17, 15) is 9.18 Å². The smallest absolute Gasteiger partial charge is 0.290 e. The third-order valence-electron chi connectivity index (χ3n) is 3.47. The van der Waals surface area contributed by atoms with Crippen LogP contribution in [-0.4, -0.2) is 18.2 Å². The average Bonchev–Trinajstić information content (AvgIpc) is 3.10. The Morgan fingerprint density at radius 3 is 2.71 bits per heavy atom. The van der Waals surface area contributed by atoms with Gasteiger partial charge in [0.05, 0.1) is 7.11 Å². The van der Waals surface area contributed by atoms with Crippen LogP contribution < -0.4 is 10.1 Å². The number of aromatic nitrogens is 1. The summed E-state index contributed by atoms with van der Waals surface area (Å²) in [6, 6.07) is 14.8. The summed E-state index contributed by atoms with van der Waals surface area (Å²) in [6.45, 7) is 0.346. The van der Waals surface area contributed by atoms with Crippen molar-refractivity contribution in [2.24, 2.45) is 0 Å². The zero-order valence-corrected chi connectivity index (χ0v) is 13.0. The highest BCUT2D eigenvalue weighted by atomic mass is 19.1. The molecule has 0 spiro atoms. The Bertz CT molecular complexity index is 843. The van der Waals surface area contributed by atoms with Gasteiger partial charge in [-0.15, -0.1) is 0 Å². The van der Waals surface area contributed by atoms with Crippen molar-refractivity contribution in [2.45, 2.75) is 6.54 Å². The number of ether oxygens (including phenoxy) is 1. The van der Waals surface area contributed by atoms with Crippen molar-refractivity contribution in [3.8, 4) is 17.0 Å². The van der Waals surface area contributed by atoms with E-state index in [1.54, 1.807) is 19.2 Å². The molecule has 0 saturated heterocycles. The lowest BCUT2D eigenvalue weighted by Gasteiger charge is -2.04. The molecule has 122 valence electrons. The summed E-state index contributed by atoms with van der Waals surface area (Å²) in [7, 11) is 1.59. The Balaban J connectivity index is 1.65. The Hall–Kier alpha value is -3.15. The van der Waals surface area contributed by atoms with E-state index in [1.165, 1.54) is 18.2 Å². The first-order valence-electron chi connectivity index (χ1n) is 7.29. The van der Waals surface area contributed by atoms with Gasteiger partial charge in [-0.25, -0.2) is 4.39 Å². The van der Waals surface area contributed by atoms with E-state index < -0.39 is 0 Å². The molecule has 0 atom stereocenters. The number of nitrogens with zero attached hydrogens (tertiary/aromatic N) is 1. The molecular weight excluding hydrogens is 311 g/mol. The molecule has 1 amide bonds. The van der Waals surface area contributed by atoms with Crippen molar-refractivity contribution >= 4 is 5.91 Å². The van der Waals surface area contributed by atoms with Crippen molar-refractivity contribution in [1.29, 1.82) is 0 Å². The first-order valence-corrected chi connectivity index (χ1v) is 7.29. The molecule has 24 heavy (non-hydrogen) atoms. The average molecular weight is 326 g/mol. The lowest BCUT2D eigenvalue weighted by Crippen LogP contribution is -2.22. The van der Waals surface area contributed by atoms with Crippen LogP contribution in [0.25, 0.3) is 11.3 Å². The predicted octanol–water partition coefficient (Wildman–Crippen LogP) is 3.42. The number of carbonyl (C=O) groups is 1. The van der Waals surface area contributed by atoms with Gasteiger partial charge in [-0.1, -0.05) is 29.4 Å². The maximum atomic E-state index is 13.2. The van der Waals surface area contributed by atoms with Gasteiger partial charge in [0.25, 0.3) is 5.91 Å². The van der Waals surface area contributed by atoms with Crippen molar-refractivity contribution in [2.75, 3.05) is 7.11 Å². The molecule has 3 rings (SSSR count). The lowest BCUT2D eigenvalue weighted by atomic mass is 10.1. The molecule has 1 N–H and O–H groups in total. The topological polar surface area (TPSA) is 64.4 Å². The highest BCUT2D eigenvalue weighted by Crippen LogP contribution is 2.20. The Kier molecular flexibility index (Phi) is 4.56. The van der Waals surface area contributed by atoms with E-state index in [4.69, 9.17) is 9.26 Å². The molecule has 2 aromatic carbocycles. The van der Waals surface area contributed by atoms with Gasteiger partial charge >= 0.3 is 0 Å². The molecule has 0 radical (unpaired) electrons. The number of hydrogen-bond acceptors (Lipinski definition) is 4. The van der Waals surface area contributed by atoms with Crippen molar-refractivity contribution < 1.29 is 18.4 Å². The quantitative estimate of drug-likeness (QED) is 0.780. The van der Waals surface area contributed by atoms with Crippen molar-refractivity contribution in [3.63, 3.8) is 0 Å². The minimum atomic E-state index is -0.388. The Labute approximate surface area is 138 Å². The van der Waals surface area contributed by atoms with Crippen LogP contribution in [-0.2, 0) is 6.54 Å². The third kappa shape index (κ3) is 3.60. The second-order valence-electron chi connectivity index (χ2n) is 5.12. The monoisotopic (exact) mass is 326 g/mol. The second-order valence-corrected chi connectivity index (χ2v) is 5.12. The van der Waals surface area contributed by atoms with E-state index in [1.807, 2.05) is 24.3 Å². The molecule has 1 heterocycles. The number of halogens is 1. The molecule has 0 fully saturated rings. The molecule has 0 aliphatic heterocycles. The standard InChI is InChI=1S/C18H15FN2O3/c1-23-15-7-5-12(6-8-15)11-20-18(22)17-10-16(21-24-17)13-3-2-4-14(19)9-13/h2-10H,11H2,1H3,(H,20,22). The molecule has 0 unspecified atom stereocenters. The summed E-state index contributed by atoms with van der Waals surface area (Å²) in [6.07, 6.45) is 0. The van der Waals surface area contributed by atoms with E-state index in [0.29, 0.717) is 17.8 Å². The summed E-state index contributed by atoms with van der Waals surface area (Å²) in [4.78, 5) is 12.1. The van der Waals surface area contributed by atoms with E-state index in [2.05, 4.69) is 10.5 Å². The fourth-order valence-corrected chi connectivity index (χ4v) is 2.18. The summed E-state index contributed by atoms with van der Waals surface area (Å²) in [5, 5.41) is 6.55. The maximum absolute atomic E-state index is 13.2. The number of carbonyl (C=O) groups excluding carboxylic acids is 1. The summed E-state index contributed by atoms with van der Waals surface area (Å²) < 4.78 is 23.4. The largest absolute Gasteiger partial charge is 0.497 e. The molecular formula is C18H15FN2O3. The van der Waals surface area contributed by atoms with Gasteiger partial charge in [-0.05, 0) is 29.8 Å². The lowest BCUT2D eigenvalue weighted by molar-refractivity contribution is 0.0914. The maximum Gasteiger partial charge on any atom is 0.290 e. The van der Waals surface area contributed by atoms with Crippen LogP contribution in [0.15, 0.2) is 59.1 Å². The van der Waals surface area contributed by atoms with Gasteiger partial charge in [0.15, 0.2) is 0 Å². The van der Waals surface area contributed by atoms with E-state index in [-0.39, 0.29) is 17.5 Å². The van der Waals surface area contributed by atoms with Gasteiger partial charge in [-0.3, -0.25) is 4.79 Å². The third-order valence-corrected chi connectivity index (χ3v) is 3.47. The van der Waals surface area contributed by atoms with E-state index in [0.717, 1.165) is 11.3 Å². The summed E-state index contributed by atoms with van der Waals surface area (Å²) >= 11 is 0. The number of amides is 1. The minimum Gasteiger partial charge on any atom is -0.497 e. The highest BCUT2D eigenvalue weighted by Gasteiger charge is 2.14. The van der Waals surface area contributed by atoms with Gasteiger partial charge in [0, 0.05) is 18.2 Å². The van der Waals surface area contributed by atoms with E-state index >= 15 is 0 Å². The van der Waals surface area contributed by atoms with Gasteiger partial charge < -0.3 is 14.6 Å². The molecule has 6 heteroatoms. The Morgan fingerprint density at radius 2 is 2.00 bits per heavy atom. The van der Waals surface area contributed by atoms with Crippen LogP contribution >= 0.6 is 0 Å². The fraction of sp³-hybridized carbons (Fsp3) is 0.111. The summed E-state index contributed by atoms with van der Waals surface area (Å²) in [5.74, 6) is 0.0600. The van der Waals surface area contributed by atoms with Crippen LogP contribution in [0.5, 0.6) is 5.75 Å². The molecule has 0 bridgehead atoms. The summed E-state index contributed by atoms with van der Waals surface area (Å²) in [5.41, 5.74) is 1.88. The van der Waals surface area contributed by atoms with Gasteiger partial charge in [-0.2, -0.15) is 0 Å². The number of rotatable bonds is 5. The molecule has 0 saturated carbocycles. The van der Waals surface area contributed by atoms with Crippen LogP contribution in [0, 0.1) is 5.82 Å².